The molecule has 6 aliphatic carbocycles. The van der Waals surface area contributed by atoms with E-state index in [4.69, 9.17) is 0 Å². The molecule has 7 aliphatic rings. The molecule has 0 spiro atoms. The molecule has 0 aromatic carbocycles. The van der Waals surface area contributed by atoms with Crippen molar-refractivity contribution in [2.45, 2.75) is 137 Å². The van der Waals surface area contributed by atoms with Gasteiger partial charge in [-0.2, -0.15) is 0 Å². The molecule has 0 aromatic rings. The van der Waals surface area contributed by atoms with Crippen LogP contribution in [-0.4, -0.2) is 67.6 Å². The molecular formula is C43H70N2O4S. The number of rotatable bonds is 8. The van der Waals surface area contributed by atoms with E-state index in [9.17, 15) is 18.3 Å². The second kappa shape index (κ2) is 13.0. The summed E-state index contributed by atoms with van der Waals surface area (Å²) in [5.41, 5.74) is 4.25. The van der Waals surface area contributed by atoms with Crippen molar-refractivity contribution in [2.75, 3.05) is 37.7 Å². The second-order valence-electron chi connectivity index (χ2n) is 20.2. The van der Waals surface area contributed by atoms with E-state index < -0.39 is 15.8 Å². The fourth-order valence-electron chi connectivity index (χ4n) is 14.9. The molecule has 1 heterocycles. The van der Waals surface area contributed by atoms with Crippen molar-refractivity contribution >= 4 is 15.8 Å². The third-order valence-electron chi connectivity index (χ3n) is 17.8. The molecule has 11 atom stereocenters. The van der Waals surface area contributed by atoms with Crippen LogP contribution in [0.1, 0.15) is 131 Å². The Morgan fingerprint density at radius 1 is 0.940 bits per heavy atom. The van der Waals surface area contributed by atoms with Crippen molar-refractivity contribution < 1.29 is 18.3 Å². The van der Waals surface area contributed by atoms with Gasteiger partial charge >= 0.3 is 5.97 Å². The Bertz CT molecular complexity index is 1470. The van der Waals surface area contributed by atoms with E-state index in [1.165, 1.54) is 69.8 Å². The highest BCUT2D eigenvalue weighted by Crippen LogP contribution is 2.76. The molecule has 6 nitrogen and oxygen atoms in total. The molecule has 0 radical (unpaired) electrons. The molecule has 6 fully saturated rings. The molecule has 0 bridgehead atoms. The zero-order valence-corrected chi connectivity index (χ0v) is 33.3. The predicted octanol–water partition coefficient (Wildman–Crippen LogP) is 8.53. The summed E-state index contributed by atoms with van der Waals surface area (Å²) in [5, 5.41) is 14.0. The molecule has 282 valence electrons. The summed E-state index contributed by atoms with van der Waals surface area (Å²) in [5.74, 6) is 3.70. The molecule has 50 heavy (non-hydrogen) atoms. The third-order valence-corrected chi connectivity index (χ3v) is 19.4. The fraction of sp³-hybridized carbons (Fsp3) is 0.884. The number of aliphatic carboxylic acids is 1. The van der Waals surface area contributed by atoms with Crippen LogP contribution in [0.15, 0.2) is 23.8 Å². The highest BCUT2D eigenvalue weighted by atomic mass is 32.2. The number of allylic oxidation sites excluding steroid dienone is 3. The lowest BCUT2D eigenvalue weighted by molar-refractivity contribution is -0.221. The lowest BCUT2D eigenvalue weighted by atomic mass is 9.33. The third kappa shape index (κ3) is 5.92. The van der Waals surface area contributed by atoms with Gasteiger partial charge < -0.3 is 15.3 Å². The second-order valence-corrected chi connectivity index (χ2v) is 22.5. The van der Waals surface area contributed by atoms with Gasteiger partial charge in [0.1, 0.15) is 0 Å². The van der Waals surface area contributed by atoms with Crippen LogP contribution in [0.3, 0.4) is 0 Å². The van der Waals surface area contributed by atoms with E-state index in [1.54, 1.807) is 5.57 Å². The van der Waals surface area contributed by atoms with Crippen LogP contribution in [0.25, 0.3) is 0 Å². The first-order chi connectivity index (χ1) is 23.5. The average Bonchev–Trinajstić information content (AvgIpc) is 3.44. The van der Waals surface area contributed by atoms with Crippen LogP contribution in [0.2, 0.25) is 0 Å². The maximum absolute atomic E-state index is 12.0. The highest BCUT2D eigenvalue weighted by molar-refractivity contribution is 7.91. The molecule has 0 amide bonds. The van der Waals surface area contributed by atoms with Gasteiger partial charge in [-0.25, -0.2) is 8.42 Å². The normalized spacial score (nSPS) is 46.8. The van der Waals surface area contributed by atoms with E-state index in [0.717, 1.165) is 44.7 Å². The molecule has 2 unspecified atom stereocenters. The first-order valence-corrected chi connectivity index (χ1v) is 22.5. The summed E-state index contributed by atoms with van der Waals surface area (Å²) in [6.07, 6.45) is 19.3. The Labute approximate surface area is 305 Å². The SMILES string of the molecule is C=C(C)[C@@H]1CC[C@]2(NCCN3CCS(=O)(=O)CC3)CC[C@]3(C)[C@H](CC[C@@H]4[C@@]5(C)CC=C(CC6CCCC(C(=O)O)C6)C(C)(C)[C@@H]5CC[C@]43C)[C@@H]12. The van der Waals surface area contributed by atoms with E-state index in [0.29, 0.717) is 70.4 Å². The molecule has 0 aromatic heterocycles. The molecule has 1 saturated heterocycles. The van der Waals surface area contributed by atoms with Crippen molar-refractivity contribution in [1.82, 2.24) is 10.2 Å². The summed E-state index contributed by atoms with van der Waals surface area (Å²) < 4.78 is 24.1. The minimum Gasteiger partial charge on any atom is -0.481 e. The van der Waals surface area contributed by atoms with Crippen LogP contribution >= 0.6 is 0 Å². The molecular weight excluding hydrogens is 641 g/mol. The van der Waals surface area contributed by atoms with E-state index in [-0.39, 0.29) is 16.9 Å². The highest BCUT2D eigenvalue weighted by Gasteiger charge is 2.70. The molecule has 1 aliphatic heterocycles. The molecule has 7 rings (SSSR count). The fourth-order valence-corrected chi connectivity index (χ4v) is 16.2. The van der Waals surface area contributed by atoms with Gasteiger partial charge in [-0.05, 0) is 141 Å². The number of carboxylic acid groups (broad SMARTS) is 1. The van der Waals surface area contributed by atoms with Crippen molar-refractivity contribution in [3.05, 3.63) is 23.8 Å². The van der Waals surface area contributed by atoms with E-state index in [2.05, 4.69) is 64.4 Å². The van der Waals surface area contributed by atoms with Crippen molar-refractivity contribution in [2.24, 2.45) is 63.1 Å². The number of carboxylic acids is 1. The number of hydrogen-bond acceptors (Lipinski definition) is 5. The number of hydrogen-bond donors (Lipinski definition) is 2. The van der Waals surface area contributed by atoms with Gasteiger partial charge in [-0.1, -0.05) is 71.3 Å². The number of fused-ring (bicyclic) bond motifs is 7. The van der Waals surface area contributed by atoms with Crippen LogP contribution in [0, 0.1) is 63.1 Å². The van der Waals surface area contributed by atoms with E-state index >= 15 is 0 Å². The van der Waals surface area contributed by atoms with Crippen LogP contribution < -0.4 is 5.32 Å². The maximum atomic E-state index is 12.0. The van der Waals surface area contributed by atoms with Crippen molar-refractivity contribution in [3.63, 3.8) is 0 Å². The summed E-state index contributed by atoms with van der Waals surface area (Å²) in [4.78, 5) is 14.2. The largest absolute Gasteiger partial charge is 0.481 e. The van der Waals surface area contributed by atoms with Crippen LogP contribution in [-0.2, 0) is 14.6 Å². The van der Waals surface area contributed by atoms with Crippen molar-refractivity contribution in [3.8, 4) is 0 Å². The summed E-state index contributed by atoms with van der Waals surface area (Å²) >= 11 is 0. The minimum absolute atomic E-state index is 0.151. The van der Waals surface area contributed by atoms with Gasteiger partial charge in [0.25, 0.3) is 0 Å². The maximum Gasteiger partial charge on any atom is 0.306 e. The van der Waals surface area contributed by atoms with Crippen molar-refractivity contribution in [1.29, 1.82) is 0 Å². The van der Waals surface area contributed by atoms with Gasteiger partial charge in [0, 0.05) is 31.7 Å². The standard InChI is InChI=1S/C43H70N2O4S/c1-29(2)33-14-18-43(44-21-22-45-23-25-50(48,49)26-24-45)20-19-41(6)34(37(33)43)11-12-36-40(5)16-13-32(28-30-9-8-10-31(27-30)38(46)47)39(3,4)35(40)15-17-42(36,41)7/h13,30-31,33-37,44H,1,8-12,14-28H2,2-7H3,(H,46,47)/t30?,31?,33-,34+,35-,36+,37+,40-,41+,42+,43-/m0/s1. The van der Waals surface area contributed by atoms with Gasteiger partial charge in [-0.15, -0.1) is 0 Å². The number of nitrogens with zero attached hydrogens (tertiary/aromatic N) is 1. The van der Waals surface area contributed by atoms with Gasteiger partial charge in [0.15, 0.2) is 9.84 Å². The van der Waals surface area contributed by atoms with Gasteiger partial charge in [-0.3, -0.25) is 4.79 Å². The van der Waals surface area contributed by atoms with Gasteiger partial charge in [0.05, 0.1) is 17.4 Å². The average molecular weight is 711 g/mol. The molecule has 2 N–H and O–H groups in total. The van der Waals surface area contributed by atoms with E-state index in [1.807, 2.05) is 0 Å². The smallest absolute Gasteiger partial charge is 0.306 e. The number of nitrogens with one attached hydrogen (secondary N) is 1. The zero-order valence-electron chi connectivity index (χ0n) is 32.5. The predicted molar refractivity (Wildman–Crippen MR) is 204 cm³/mol. The monoisotopic (exact) mass is 711 g/mol. The Morgan fingerprint density at radius 2 is 1.68 bits per heavy atom. The van der Waals surface area contributed by atoms with Crippen LogP contribution in [0.5, 0.6) is 0 Å². The Hall–Kier alpha value is -1.18. The number of carbonyl (C=O) groups is 1. The lowest BCUT2D eigenvalue weighted by Crippen LogP contribution is -2.68. The summed E-state index contributed by atoms with van der Waals surface area (Å²) in [6.45, 7) is 23.4. The van der Waals surface area contributed by atoms with Gasteiger partial charge in [0.2, 0.25) is 0 Å². The topological polar surface area (TPSA) is 86.7 Å². The quantitative estimate of drug-likeness (QED) is 0.246. The Morgan fingerprint density at radius 3 is 2.38 bits per heavy atom. The lowest BCUT2D eigenvalue weighted by Gasteiger charge is -2.72. The first kappa shape index (κ1) is 37.1. The Balaban J connectivity index is 1.11. The summed E-state index contributed by atoms with van der Waals surface area (Å²) in [7, 11) is -2.85. The Kier molecular flexibility index (Phi) is 9.65. The molecule has 5 saturated carbocycles. The first-order valence-electron chi connectivity index (χ1n) is 20.7. The zero-order chi connectivity index (χ0) is 35.9. The molecule has 7 heteroatoms. The minimum atomic E-state index is -2.85. The number of sulfone groups is 1. The summed E-state index contributed by atoms with van der Waals surface area (Å²) in [6, 6.07) is 0. The van der Waals surface area contributed by atoms with Crippen LogP contribution in [0.4, 0.5) is 0 Å².